The number of aromatic nitrogens is 2. The van der Waals surface area contributed by atoms with E-state index >= 15 is 0 Å². The van der Waals surface area contributed by atoms with Gasteiger partial charge in [-0.05, 0) is 19.3 Å². The Morgan fingerprint density at radius 2 is 2.00 bits per heavy atom. The summed E-state index contributed by atoms with van der Waals surface area (Å²) < 4.78 is 10.7. The molecule has 0 N–H and O–H groups in total. The highest BCUT2D eigenvalue weighted by atomic mass is 16.5. The van der Waals surface area contributed by atoms with Crippen LogP contribution in [-0.4, -0.2) is 35.6 Å². The van der Waals surface area contributed by atoms with E-state index in [9.17, 15) is 4.79 Å². The molecule has 0 aromatic carbocycles. The van der Waals surface area contributed by atoms with Gasteiger partial charge in [-0.3, -0.25) is 0 Å². The topological polar surface area (TPSA) is 68.5 Å². The van der Waals surface area contributed by atoms with Crippen molar-refractivity contribution in [2.75, 3.05) is 24.6 Å². The Morgan fingerprint density at radius 3 is 2.77 bits per heavy atom. The number of carbonyl (C=O) groups is 1. The molecule has 0 radical (unpaired) electrons. The Hall–Kier alpha value is -2.37. The number of piperidine rings is 1. The zero-order chi connectivity index (χ0) is 15.2. The highest BCUT2D eigenvalue weighted by Gasteiger charge is 2.14. The molecule has 1 saturated heterocycles. The molecular weight excluding hydrogens is 282 g/mol. The maximum atomic E-state index is 11.7. The largest absolute Gasteiger partial charge is 0.467 e. The molecule has 6 heteroatoms. The van der Waals surface area contributed by atoms with E-state index in [-0.39, 0.29) is 6.61 Å². The predicted octanol–water partition coefficient (Wildman–Crippen LogP) is 2.46. The molecule has 0 bridgehead atoms. The number of carbonyl (C=O) groups excluding carboxylic acids is 1. The number of anilines is 1. The minimum Gasteiger partial charge on any atom is -0.467 e. The third kappa shape index (κ3) is 3.63. The summed E-state index contributed by atoms with van der Waals surface area (Å²) in [7, 11) is 0. The molecule has 1 aliphatic heterocycles. The number of esters is 1. The first kappa shape index (κ1) is 14.6. The van der Waals surface area contributed by atoms with Crippen LogP contribution >= 0.6 is 0 Å². The normalized spacial score (nSPS) is 14.8. The summed E-state index contributed by atoms with van der Waals surface area (Å²) in [4.78, 5) is 21.7. The van der Waals surface area contributed by atoms with Gasteiger partial charge < -0.3 is 14.1 Å². The zero-order valence-electron chi connectivity index (χ0n) is 12.4. The lowest BCUT2D eigenvalue weighted by atomic mass is 10.1. The van der Waals surface area contributed by atoms with Gasteiger partial charge >= 0.3 is 5.97 Å². The number of nitrogens with zero attached hydrogens (tertiary/aromatic N) is 3. The molecule has 22 heavy (non-hydrogen) atoms. The van der Waals surface area contributed by atoms with Gasteiger partial charge in [-0.2, -0.15) is 0 Å². The first-order valence-corrected chi connectivity index (χ1v) is 7.57. The van der Waals surface area contributed by atoms with Gasteiger partial charge in [0, 0.05) is 38.0 Å². The monoisotopic (exact) mass is 301 g/mol. The second-order valence-corrected chi connectivity index (χ2v) is 5.33. The molecule has 2 aromatic heterocycles. The first-order valence-electron chi connectivity index (χ1n) is 7.57. The average molecular weight is 301 g/mol. The molecule has 1 aliphatic rings. The quantitative estimate of drug-likeness (QED) is 0.790. The summed E-state index contributed by atoms with van der Waals surface area (Å²) in [6.45, 7) is 2.45. The molecule has 3 heterocycles. The van der Waals surface area contributed by atoms with E-state index in [1.165, 1.54) is 38.0 Å². The van der Waals surface area contributed by atoms with Gasteiger partial charge in [0.05, 0.1) is 17.9 Å². The summed E-state index contributed by atoms with van der Waals surface area (Å²) >= 11 is 0. The van der Waals surface area contributed by atoms with Crippen LogP contribution in [0.15, 0.2) is 35.5 Å². The fourth-order valence-corrected chi connectivity index (χ4v) is 2.55. The Morgan fingerprint density at radius 1 is 1.23 bits per heavy atom. The van der Waals surface area contributed by atoms with Crippen LogP contribution in [0.2, 0.25) is 0 Å². The van der Waals surface area contributed by atoms with Crippen molar-refractivity contribution in [3.63, 3.8) is 0 Å². The summed E-state index contributed by atoms with van der Waals surface area (Å²) in [6, 6.07) is 2.03. The second kappa shape index (κ2) is 7.06. The molecule has 0 saturated carbocycles. The molecule has 6 nitrogen and oxygen atoms in total. The smallest absolute Gasteiger partial charge is 0.341 e. The Labute approximate surface area is 129 Å². The third-order valence-electron chi connectivity index (χ3n) is 3.74. The summed E-state index contributed by atoms with van der Waals surface area (Å²) in [6.07, 6.45) is 10.4. The Kier molecular flexibility index (Phi) is 4.68. The highest BCUT2D eigenvalue weighted by molar-refractivity contribution is 5.88. The van der Waals surface area contributed by atoms with Crippen LogP contribution in [0.3, 0.4) is 0 Å². The van der Waals surface area contributed by atoms with Crippen LogP contribution in [0.5, 0.6) is 0 Å². The molecule has 1 fully saturated rings. The maximum absolute atomic E-state index is 11.7. The van der Waals surface area contributed by atoms with Crippen molar-refractivity contribution < 1.29 is 13.9 Å². The fourth-order valence-electron chi connectivity index (χ4n) is 2.55. The van der Waals surface area contributed by atoms with Crippen molar-refractivity contribution >= 4 is 11.7 Å². The molecular formula is C16H19N3O3. The van der Waals surface area contributed by atoms with E-state index in [0.29, 0.717) is 12.0 Å². The molecule has 0 aliphatic carbocycles. The Bertz CT molecular complexity index is 606. The first-order chi connectivity index (χ1) is 10.8. The van der Waals surface area contributed by atoms with Crippen LogP contribution in [0.25, 0.3) is 0 Å². The van der Waals surface area contributed by atoms with E-state index in [0.717, 1.165) is 24.5 Å². The lowest BCUT2D eigenvalue weighted by molar-refractivity contribution is 0.0503. The highest BCUT2D eigenvalue weighted by Crippen LogP contribution is 2.22. The van der Waals surface area contributed by atoms with E-state index in [1.54, 1.807) is 6.26 Å². The van der Waals surface area contributed by atoms with Crippen molar-refractivity contribution in [3.8, 4) is 0 Å². The van der Waals surface area contributed by atoms with Gasteiger partial charge in [-0.25, -0.2) is 14.8 Å². The molecule has 0 unspecified atom stereocenters. The van der Waals surface area contributed by atoms with Gasteiger partial charge in [0.25, 0.3) is 0 Å². The van der Waals surface area contributed by atoms with Crippen LogP contribution in [0.4, 0.5) is 5.69 Å². The van der Waals surface area contributed by atoms with Gasteiger partial charge in [-0.15, -0.1) is 0 Å². The SMILES string of the molecule is O=C(OCCc1cc(N2CCCCC2)co1)c1cncnc1. The minimum atomic E-state index is -0.414. The van der Waals surface area contributed by atoms with Crippen molar-refractivity contribution in [2.45, 2.75) is 25.7 Å². The van der Waals surface area contributed by atoms with E-state index in [1.807, 2.05) is 6.07 Å². The van der Waals surface area contributed by atoms with E-state index < -0.39 is 5.97 Å². The molecule has 0 spiro atoms. The van der Waals surface area contributed by atoms with Gasteiger partial charge in [-0.1, -0.05) is 0 Å². The third-order valence-corrected chi connectivity index (χ3v) is 3.74. The van der Waals surface area contributed by atoms with Crippen LogP contribution in [0.1, 0.15) is 35.4 Å². The van der Waals surface area contributed by atoms with Crippen LogP contribution < -0.4 is 4.90 Å². The number of furan rings is 1. The molecule has 0 atom stereocenters. The molecule has 2 aromatic rings. The number of ether oxygens (including phenoxy) is 1. The lowest BCUT2D eigenvalue weighted by Crippen LogP contribution is -2.28. The number of hydrogen-bond acceptors (Lipinski definition) is 6. The van der Waals surface area contributed by atoms with Crippen LogP contribution in [0, 0.1) is 0 Å². The van der Waals surface area contributed by atoms with Gasteiger partial charge in [0.2, 0.25) is 0 Å². The second-order valence-electron chi connectivity index (χ2n) is 5.33. The summed E-state index contributed by atoms with van der Waals surface area (Å²) in [5.74, 6) is 0.418. The van der Waals surface area contributed by atoms with Crippen molar-refractivity contribution in [1.29, 1.82) is 0 Å². The van der Waals surface area contributed by atoms with E-state index in [2.05, 4.69) is 14.9 Å². The lowest BCUT2D eigenvalue weighted by Gasteiger charge is -2.26. The standard InChI is InChI=1S/C16H19N3O3/c20-16(13-9-17-12-18-10-13)21-7-4-15-8-14(11-22-15)19-5-2-1-3-6-19/h8-12H,1-7H2. The molecule has 3 rings (SSSR count). The fraction of sp³-hybridized carbons (Fsp3) is 0.438. The van der Waals surface area contributed by atoms with Crippen molar-refractivity contribution in [2.24, 2.45) is 0 Å². The van der Waals surface area contributed by atoms with Crippen LogP contribution in [-0.2, 0) is 11.2 Å². The average Bonchev–Trinajstić information content (AvgIpc) is 3.05. The maximum Gasteiger partial charge on any atom is 0.341 e. The summed E-state index contributed by atoms with van der Waals surface area (Å²) in [5, 5.41) is 0. The van der Waals surface area contributed by atoms with Crippen molar-refractivity contribution in [3.05, 3.63) is 42.4 Å². The van der Waals surface area contributed by atoms with Gasteiger partial charge in [0.1, 0.15) is 18.4 Å². The predicted molar refractivity (Wildman–Crippen MR) is 80.8 cm³/mol. The number of rotatable bonds is 5. The zero-order valence-corrected chi connectivity index (χ0v) is 12.4. The van der Waals surface area contributed by atoms with Crippen molar-refractivity contribution in [1.82, 2.24) is 9.97 Å². The number of hydrogen-bond donors (Lipinski definition) is 0. The van der Waals surface area contributed by atoms with E-state index in [4.69, 9.17) is 9.15 Å². The Balaban J connectivity index is 1.48. The molecule has 0 amide bonds. The van der Waals surface area contributed by atoms with Gasteiger partial charge in [0.15, 0.2) is 0 Å². The molecule has 116 valence electrons. The summed E-state index contributed by atoms with van der Waals surface area (Å²) in [5.41, 5.74) is 1.48. The minimum absolute atomic E-state index is 0.278.